The van der Waals surface area contributed by atoms with E-state index in [1.165, 1.54) is 22.6 Å². The Kier molecular flexibility index (Phi) is 6.07. The maximum Gasteiger partial charge on any atom is 0.416 e. The van der Waals surface area contributed by atoms with Crippen LogP contribution in [-0.4, -0.2) is 40.0 Å². The van der Waals surface area contributed by atoms with Crippen LogP contribution in [0.5, 0.6) is 0 Å². The van der Waals surface area contributed by atoms with Gasteiger partial charge < -0.3 is 10.6 Å². The summed E-state index contributed by atoms with van der Waals surface area (Å²) in [6.45, 7) is 1.15. The fraction of sp³-hybridized carbons (Fsp3) is 0.261. The Balaban J connectivity index is 1.40. The molecule has 36 heavy (non-hydrogen) atoms. The number of nitrogens with zero attached hydrogens (tertiary/aromatic N) is 3. The van der Waals surface area contributed by atoms with Crippen molar-refractivity contribution in [2.24, 2.45) is 4.99 Å². The van der Waals surface area contributed by atoms with E-state index in [4.69, 9.17) is 0 Å². The third-order valence-electron chi connectivity index (χ3n) is 5.74. The number of rotatable bonds is 4. The van der Waals surface area contributed by atoms with Crippen LogP contribution in [0.15, 0.2) is 52.5 Å². The standard InChI is InChI=1S/C23H17F6N5OS/c24-22(25,26)15-3-2-13(17(7-15)23(27,28)29)11-34-18-4-1-12(5-14(18)8-31-34)6-19-20(35)33-21(36-19)32-16-9-30-10-16/h1-8,16,30H,9-11H2,(H,32,33,35)/b19-6-. The molecule has 2 aliphatic rings. The largest absolute Gasteiger partial charge is 0.416 e. The molecule has 2 N–H and O–H groups in total. The molecule has 6 nitrogen and oxygen atoms in total. The van der Waals surface area contributed by atoms with Gasteiger partial charge in [0.25, 0.3) is 5.91 Å². The first-order valence-electron chi connectivity index (χ1n) is 10.7. The molecule has 0 spiro atoms. The maximum atomic E-state index is 13.5. The van der Waals surface area contributed by atoms with Crippen LogP contribution in [0, 0.1) is 0 Å². The molecule has 3 aromatic rings. The highest BCUT2D eigenvalue weighted by molar-refractivity contribution is 8.18. The number of hydrogen-bond acceptors (Lipinski definition) is 5. The van der Waals surface area contributed by atoms with Crippen LogP contribution >= 0.6 is 11.8 Å². The molecule has 0 bridgehead atoms. The number of nitrogens with one attached hydrogen (secondary N) is 2. The van der Waals surface area contributed by atoms with Crippen molar-refractivity contribution >= 4 is 39.8 Å². The third kappa shape index (κ3) is 4.98. The van der Waals surface area contributed by atoms with E-state index in [-0.39, 0.29) is 30.1 Å². The van der Waals surface area contributed by atoms with Gasteiger partial charge in [-0.25, -0.2) is 0 Å². The highest BCUT2D eigenvalue weighted by Gasteiger charge is 2.38. The van der Waals surface area contributed by atoms with Gasteiger partial charge in [-0.15, -0.1) is 0 Å². The Hall–Kier alpha value is -3.32. The van der Waals surface area contributed by atoms with Gasteiger partial charge in [-0.3, -0.25) is 14.5 Å². The summed E-state index contributed by atoms with van der Waals surface area (Å²) in [5, 5.41) is 11.1. The fourth-order valence-electron chi connectivity index (χ4n) is 3.81. The van der Waals surface area contributed by atoms with E-state index in [0.717, 1.165) is 19.2 Å². The number of aromatic nitrogens is 2. The smallest absolute Gasteiger partial charge is 0.312 e. The Morgan fingerprint density at radius 1 is 1.08 bits per heavy atom. The number of amides is 1. The predicted octanol–water partition coefficient (Wildman–Crippen LogP) is 4.65. The summed E-state index contributed by atoms with van der Waals surface area (Å²) >= 11 is 1.23. The van der Waals surface area contributed by atoms with E-state index < -0.39 is 23.5 Å². The molecule has 0 aliphatic carbocycles. The molecule has 0 atom stereocenters. The SMILES string of the molecule is O=C1NC(=NC2CNC2)S/C1=C\c1ccc2c(cnn2Cc2ccc(C(F)(F)F)cc2C(F)(F)F)c1. The Morgan fingerprint density at radius 2 is 1.86 bits per heavy atom. The van der Waals surface area contributed by atoms with Gasteiger partial charge >= 0.3 is 12.4 Å². The average molecular weight is 525 g/mol. The number of alkyl halides is 6. The average Bonchev–Trinajstić information content (AvgIpc) is 3.32. The molecule has 2 fully saturated rings. The molecular formula is C23H17F6N5OS. The number of benzene rings is 2. The highest BCUT2D eigenvalue weighted by atomic mass is 32.2. The predicted molar refractivity (Wildman–Crippen MR) is 123 cm³/mol. The van der Waals surface area contributed by atoms with E-state index >= 15 is 0 Å². The normalized spacial score (nSPS) is 19.3. The lowest BCUT2D eigenvalue weighted by molar-refractivity contribution is -0.143. The van der Waals surface area contributed by atoms with Gasteiger partial charge in [0.15, 0.2) is 5.17 Å². The molecule has 2 saturated heterocycles. The maximum absolute atomic E-state index is 13.5. The summed E-state index contributed by atoms with van der Waals surface area (Å²) in [6, 6.07) is 6.76. The molecule has 0 unspecified atom stereocenters. The molecule has 2 aliphatic heterocycles. The van der Waals surface area contributed by atoms with E-state index in [1.54, 1.807) is 24.3 Å². The lowest BCUT2D eigenvalue weighted by Crippen LogP contribution is -2.46. The van der Waals surface area contributed by atoms with Gasteiger partial charge in [0.2, 0.25) is 0 Å². The van der Waals surface area contributed by atoms with E-state index in [9.17, 15) is 31.1 Å². The summed E-state index contributed by atoms with van der Waals surface area (Å²) in [7, 11) is 0. The minimum Gasteiger partial charge on any atom is -0.312 e. The molecule has 5 rings (SSSR count). The van der Waals surface area contributed by atoms with Gasteiger partial charge in [0.05, 0.1) is 40.3 Å². The molecule has 3 heterocycles. The third-order valence-corrected chi connectivity index (χ3v) is 6.66. The minimum absolute atomic E-state index is 0.120. The van der Waals surface area contributed by atoms with E-state index in [0.29, 0.717) is 32.6 Å². The minimum atomic E-state index is -4.96. The Morgan fingerprint density at radius 3 is 2.53 bits per heavy atom. The van der Waals surface area contributed by atoms with Crippen molar-refractivity contribution in [3.63, 3.8) is 0 Å². The molecular weight excluding hydrogens is 508 g/mol. The molecule has 1 amide bonds. The zero-order valence-electron chi connectivity index (χ0n) is 18.2. The number of hydrogen-bond donors (Lipinski definition) is 2. The molecule has 13 heteroatoms. The second kappa shape index (κ2) is 8.96. The van der Waals surface area contributed by atoms with Crippen molar-refractivity contribution in [1.82, 2.24) is 20.4 Å². The number of carbonyl (C=O) groups is 1. The summed E-state index contributed by atoms with van der Waals surface area (Å²) in [4.78, 5) is 17.2. The number of aliphatic imine (C=N–C) groups is 1. The summed E-state index contributed by atoms with van der Waals surface area (Å²) in [5.74, 6) is -0.274. The quantitative estimate of drug-likeness (QED) is 0.384. The van der Waals surface area contributed by atoms with E-state index in [2.05, 4.69) is 20.7 Å². The summed E-state index contributed by atoms with van der Waals surface area (Å²) in [5.41, 5.74) is -1.89. The first-order valence-corrected chi connectivity index (χ1v) is 11.5. The molecule has 0 radical (unpaired) electrons. The first-order chi connectivity index (χ1) is 17.0. The van der Waals surface area contributed by atoms with Crippen LogP contribution in [0.2, 0.25) is 0 Å². The first kappa shape index (κ1) is 24.4. The molecule has 1 aromatic heterocycles. The van der Waals surface area contributed by atoms with Crippen molar-refractivity contribution in [2.75, 3.05) is 13.1 Å². The van der Waals surface area contributed by atoms with Crippen LogP contribution in [0.25, 0.3) is 17.0 Å². The van der Waals surface area contributed by atoms with Crippen LogP contribution in [0.3, 0.4) is 0 Å². The van der Waals surface area contributed by atoms with Gasteiger partial charge in [0.1, 0.15) is 0 Å². The highest BCUT2D eigenvalue weighted by Crippen LogP contribution is 2.38. The molecule has 2 aromatic carbocycles. The molecule has 0 saturated carbocycles. The van der Waals surface area contributed by atoms with Crippen LogP contribution in [0.1, 0.15) is 22.3 Å². The zero-order valence-corrected chi connectivity index (χ0v) is 19.1. The van der Waals surface area contributed by atoms with Gasteiger partial charge in [0, 0.05) is 18.5 Å². The molecule has 188 valence electrons. The number of thioether (sulfide) groups is 1. The van der Waals surface area contributed by atoms with Crippen LogP contribution in [-0.2, 0) is 23.7 Å². The Bertz CT molecular complexity index is 1400. The van der Waals surface area contributed by atoms with Crippen molar-refractivity contribution in [2.45, 2.75) is 24.9 Å². The second-order valence-electron chi connectivity index (χ2n) is 8.30. The summed E-state index contributed by atoms with van der Waals surface area (Å²) in [6.07, 6.45) is -6.73. The fourth-order valence-corrected chi connectivity index (χ4v) is 4.70. The summed E-state index contributed by atoms with van der Waals surface area (Å²) < 4.78 is 80.7. The van der Waals surface area contributed by atoms with E-state index in [1.807, 2.05) is 0 Å². The zero-order chi connectivity index (χ0) is 25.7. The number of fused-ring (bicyclic) bond motifs is 1. The number of amidine groups is 1. The van der Waals surface area contributed by atoms with Crippen molar-refractivity contribution < 1.29 is 31.1 Å². The van der Waals surface area contributed by atoms with Crippen molar-refractivity contribution in [3.8, 4) is 0 Å². The van der Waals surface area contributed by atoms with Gasteiger partial charge in [-0.05, 0) is 53.2 Å². The topological polar surface area (TPSA) is 71.3 Å². The second-order valence-corrected chi connectivity index (χ2v) is 9.33. The number of halogens is 6. The lowest BCUT2D eigenvalue weighted by Gasteiger charge is -2.23. The van der Waals surface area contributed by atoms with Crippen molar-refractivity contribution in [1.29, 1.82) is 0 Å². The van der Waals surface area contributed by atoms with Crippen LogP contribution < -0.4 is 10.6 Å². The lowest BCUT2D eigenvalue weighted by atomic mass is 10.0. The number of carbonyl (C=O) groups excluding carboxylic acids is 1. The monoisotopic (exact) mass is 525 g/mol. The van der Waals surface area contributed by atoms with Gasteiger partial charge in [-0.2, -0.15) is 31.4 Å². The van der Waals surface area contributed by atoms with Crippen LogP contribution in [0.4, 0.5) is 26.3 Å². The van der Waals surface area contributed by atoms with Gasteiger partial charge in [-0.1, -0.05) is 12.1 Å². The van der Waals surface area contributed by atoms with Crippen molar-refractivity contribution in [3.05, 3.63) is 69.8 Å². The Labute approximate surface area is 204 Å².